The van der Waals surface area contributed by atoms with Crippen molar-refractivity contribution >= 4 is 53.2 Å². The van der Waals surface area contributed by atoms with Crippen LogP contribution in [0, 0.1) is 0 Å². The molecule has 5 amide bonds. The van der Waals surface area contributed by atoms with Crippen molar-refractivity contribution in [2.45, 2.75) is 62.7 Å². The molecule has 0 spiro atoms. The third-order valence-electron chi connectivity index (χ3n) is 4.58. The van der Waals surface area contributed by atoms with Gasteiger partial charge in [0.1, 0.15) is 18.1 Å². The van der Waals surface area contributed by atoms with Crippen molar-refractivity contribution in [1.29, 1.82) is 0 Å². The topological polar surface area (TPSA) is 274 Å². The maximum absolute atomic E-state index is 12.9. The minimum atomic E-state index is -1.50. The first kappa shape index (κ1) is 31.6. The molecule has 15 nitrogen and oxygen atoms in total. The van der Waals surface area contributed by atoms with Gasteiger partial charge < -0.3 is 43.4 Å². The first-order valence-electron chi connectivity index (χ1n) is 10.4. The Hall–Kier alpha value is -3.40. The number of nitrogens with one attached hydrogen (secondary N) is 3. The van der Waals surface area contributed by atoms with Crippen molar-refractivity contribution in [3.05, 3.63) is 0 Å². The number of aliphatic carboxylic acids is 2. The van der Waals surface area contributed by atoms with E-state index in [9.17, 15) is 38.7 Å². The molecule has 0 rings (SSSR count). The second-order valence-corrected chi connectivity index (χ2v) is 8.50. The molecule has 0 aliphatic rings. The lowest BCUT2D eigenvalue weighted by Gasteiger charge is -2.25. The summed E-state index contributed by atoms with van der Waals surface area (Å²) < 4.78 is 0. The number of thioether (sulfide) groups is 1. The van der Waals surface area contributed by atoms with Crippen molar-refractivity contribution in [3.63, 3.8) is 0 Å². The average Bonchev–Trinajstić information content (AvgIpc) is 2.75. The van der Waals surface area contributed by atoms with Gasteiger partial charge in [-0.05, 0) is 31.3 Å². The Kier molecular flexibility index (Phi) is 14.7. The maximum atomic E-state index is 12.9. The van der Waals surface area contributed by atoms with Gasteiger partial charge in [-0.2, -0.15) is 11.8 Å². The molecular weight excluding hydrogens is 488 g/mol. The van der Waals surface area contributed by atoms with E-state index in [0.717, 1.165) is 0 Å². The molecule has 0 heterocycles. The highest BCUT2D eigenvalue weighted by atomic mass is 32.2. The van der Waals surface area contributed by atoms with Crippen molar-refractivity contribution in [2.75, 3.05) is 12.0 Å². The number of hydrogen-bond donors (Lipinski definition) is 8. The van der Waals surface area contributed by atoms with Crippen LogP contribution in [0.5, 0.6) is 0 Å². The van der Waals surface area contributed by atoms with Crippen LogP contribution >= 0.6 is 11.8 Å². The van der Waals surface area contributed by atoms with Crippen LogP contribution in [0.3, 0.4) is 0 Å². The molecule has 0 saturated heterocycles. The molecule has 0 bridgehead atoms. The van der Waals surface area contributed by atoms with Gasteiger partial charge in [-0.1, -0.05) is 0 Å². The van der Waals surface area contributed by atoms with Gasteiger partial charge in [-0.25, -0.2) is 4.79 Å². The fraction of sp³-hybridized carbons (Fsp3) is 0.632. The van der Waals surface area contributed by atoms with Crippen LogP contribution in [-0.2, 0) is 33.6 Å². The van der Waals surface area contributed by atoms with E-state index < -0.39 is 72.1 Å². The molecule has 0 aliphatic heterocycles. The maximum Gasteiger partial charge on any atom is 0.326 e. The summed E-state index contributed by atoms with van der Waals surface area (Å²) in [5.74, 6) is -6.63. The minimum Gasteiger partial charge on any atom is -0.481 e. The number of hydrogen-bond acceptors (Lipinski definition) is 9. The van der Waals surface area contributed by atoms with Gasteiger partial charge in [0, 0.05) is 12.8 Å². The number of carboxylic acid groups (broad SMARTS) is 2. The number of carboxylic acids is 2. The molecule has 198 valence electrons. The predicted octanol–water partition coefficient (Wildman–Crippen LogP) is -3.39. The SMILES string of the molecule is CSCCC(NC(=O)C(N)CC(=O)O)C(=O)NC(CCC(N)=O)C(=O)NC(CCC(N)=O)C(=O)O. The third kappa shape index (κ3) is 13.8. The monoisotopic (exact) mass is 520 g/mol. The van der Waals surface area contributed by atoms with Crippen molar-refractivity contribution in [2.24, 2.45) is 17.2 Å². The van der Waals surface area contributed by atoms with Crippen LogP contribution in [-0.4, -0.2) is 87.9 Å². The third-order valence-corrected chi connectivity index (χ3v) is 5.23. The quantitative estimate of drug-likeness (QED) is 0.0882. The number of primary amides is 2. The second-order valence-electron chi connectivity index (χ2n) is 7.52. The normalized spacial score (nSPS) is 14.0. The molecule has 0 aromatic heterocycles. The summed E-state index contributed by atoms with van der Waals surface area (Å²) >= 11 is 1.35. The van der Waals surface area contributed by atoms with E-state index in [-0.39, 0.29) is 32.1 Å². The highest BCUT2D eigenvalue weighted by molar-refractivity contribution is 7.98. The number of amides is 5. The van der Waals surface area contributed by atoms with E-state index in [2.05, 4.69) is 16.0 Å². The zero-order valence-corrected chi connectivity index (χ0v) is 20.0. The highest BCUT2D eigenvalue weighted by Crippen LogP contribution is 2.06. The standard InChI is InChI=1S/C19H32N6O9S/c1-35-7-6-11(23-16(30)9(20)8-15(28)29)18(32)24-10(2-4-13(21)26)17(31)25-12(19(33)34)3-5-14(22)27/h9-12H,2-8,20H2,1H3,(H2,21,26)(H2,22,27)(H,23,30)(H,24,32)(H,25,31)(H,28,29)(H,33,34). The van der Waals surface area contributed by atoms with Crippen molar-refractivity contribution in [1.82, 2.24) is 16.0 Å². The van der Waals surface area contributed by atoms with Gasteiger partial charge >= 0.3 is 11.9 Å². The van der Waals surface area contributed by atoms with E-state index in [0.29, 0.717) is 5.75 Å². The molecule has 16 heteroatoms. The van der Waals surface area contributed by atoms with Crippen LogP contribution in [0.1, 0.15) is 38.5 Å². The Labute approximate surface area is 205 Å². The minimum absolute atomic E-state index is 0.0963. The summed E-state index contributed by atoms with van der Waals surface area (Å²) in [7, 11) is 0. The first-order chi connectivity index (χ1) is 16.3. The summed E-state index contributed by atoms with van der Waals surface area (Å²) in [4.78, 5) is 82.1. The van der Waals surface area contributed by atoms with Gasteiger partial charge in [-0.15, -0.1) is 0 Å². The Morgan fingerprint density at radius 3 is 1.60 bits per heavy atom. The van der Waals surface area contributed by atoms with E-state index in [4.69, 9.17) is 22.3 Å². The lowest BCUT2D eigenvalue weighted by atomic mass is 10.1. The van der Waals surface area contributed by atoms with E-state index >= 15 is 0 Å². The molecule has 0 radical (unpaired) electrons. The summed E-state index contributed by atoms with van der Waals surface area (Å²) in [6.45, 7) is 0. The molecule has 4 atom stereocenters. The van der Waals surface area contributed by atoms with Gasteiger partial charge in [0.2, 0.25) is 29.5 Å². The summed E-state index contributed by atoms with van der Waals surface area (Å²) in [6.07, 6.45) is -0.0727. The fourth-order valence-corrected chi connectivity index (χ4v) is 3.18. The fourth-order valence-electron chi connectivity index (χ4n) is 2.71. The van der Waals surface area contributed by atoms with Gasteiger partial charge in [-0.3, -0.25) is 28.8 Å². The zero-order valence-electron chi connectivity index (χ0n) is 19.2. The van der Waals surface area contributed by atoms with Crippen LogP contribution in [0.2, 0.25) is 0 Å². The smallest absolute Gasteiger partial charge is 0.326 e. The molecule has 0 aliphatic carbocycles. The van der Waals surface area contributed by atoms with Crippen LogP contribution < -0.4 is 33.2 Å². The Balaban J connectivity index is 5.55. The van der Waals surface area contributed by atoms with E-state index in [1.54, 1.807) is 6.26 Å². The molecule has 11 N–H and O–H groups in total. The Bertz CT molecular complexity index is 810. The molecule has 0 saturated carbocycles. The molecule has 0 aromatic rings. The largest absolute Gasteiger partial charge is 0.481 e. The highest BCUT2D eigenvalue weighted by Gasteiger charge is 2.30. The van der Waals surface area contributed by atoms with Crippen LogP contribution in [0.15, 0.2) is 0 Å². The van der Waals surface area contributed by atoms with Crippen molar-refractivity contribution in [3.8, 4) is 0 Å². The molecule has 35 heavy (non-hydrogen) atoms. The number of carbonyl (C=O) groups excluding carboxylic acids is 5. The molecular formula is C19H32N6O9S. The summed E-state index contributed by atoms with van der Waals surface area (Å²) in [5.41, 5.74) is 15.6. The second kappa shape index (κ2) is 16.3. The lowest BCUT2D eigenvalue weighted by Crippen LogP contribution is -2.57. The summed E-state index contributed by atoms with van der Waals surface area (Å²) in [5, 5.41) is 24.9. The lowest BCUT2D eigenvalue weighted by molar-refractivity contribution is -0.142. The first-order valence-corrected chi connectivity index (χ1v) is 11.8. The molecule has 0 aromatic carbocycles. The summed E-state index contributed by atoms with van der Waals surface area (Å²) in [6, 6.07) is -5.53. The van der Waals surface area contributed by atoms with Gasteiger partial charge in [0.15, 0.2) is 0 Å². The van der Waals surface area contributed by atoms with Gasteiger partial charge in [0.05, 0.1) is 12.5 Å². The zero-order chi connectivity index (χ0) is 27.1. The van der Waals surface area contributed by atoms with E-state index in [1.165, 1.54) is 11.8 Å². The van der Waals surface area contributed by atoms with Crippen LogP contribution in [0.4, 0.5) is 0 Å². The van der Waals surface area contributed by atoms with Crippen molar-refractivity contribution < 1.29 is 43.8 Å². The molecule has 4 unspecified atom stereocenters. The number of nitrogens with two attached hydrogens (primary N) is 3. The number of carbonyl (C=O) groups is 7. The van der Waals surface area contributed by atoms with E-state index in [1.807, 2.05) is 0 Å². The van der Waals surface area contributed by atoms with Crippen LogP contribution in [0.25, 0.3) is 0 Å². The molecule has 0 fully saturated rings. The van der Waals surface area contributed by atoms with Gasteiger partial charge in [0.25, 0.3) is 0 Å². The number of rotatable bonds is 18. The Morgan fingerprint density at radius 1 is 0.743 bits per heavy atom. The average molecular weight is 521 g/mol. The Morgan fingerprint density at radius 2 is 1.17 bits per heavy atom. The predicted molar refractivity (Wildman–Crippen MR) is 124 cm³/mol.